The number of hydrogen-bond acceptors (Lipinski definition) is 1. The van der Waals surface area contributed by atoms with Gasteiger partial charge < -0.3 is 4.74 Å². The molecule has 2 atom stereocenters. The molecule has 2 rings (SSSR count). The molecule has 0 aromatic rings. The molecule has 0 aromatic carbocycles. The summed E-state index contributed by atoms with van der Waals surface area (Å²) in [5.74, 6) is 0.314. The maximum Gasteiger partial charge on any atom is 0.414 e. The number of ether oxygens (including phenoxy) is 1. The van der Waals surface area contributed by atoms with Gasteiger partial charge in [-0.2, -0.15) is 13.2 Å². The van der Waals surface area contributed by atoms with Crippen molar-refractivity contribution in [3.63, 3.8) is 0 Å². The predicted molar refractivity (Wildman–Crippen MR) is 41.2 cm³/mol. The summed E-state index contributed by atoms with van der Waals surface area (Å²) in [5, 5.41) is 0. The smallest absolute Gasteiger partial charge is 0.368 e. The third kappa shape index (κ3) is 1.59. The van der Waals surface area contributed by atoms with E-state index in [4.69, 9.17) is 4.74 Å². The average molecular weight is 192 g/mol. The highest BCUT2D eigenvalue weighted by atomic mass is 19.4. The van der Waals surface area contributed by atoms with Crippen molar-refractivity contribution in [2.75, 3.05) is 6.61 Å². The molecule has 13 heavy (non-hydrogen) atoms. The molecular formula is C9H11F3O. The van der Waals surface area contributed by atoms with Crippen molar-refractivity contribution in [1.82, 2.24) is 0 Å². The van der Waals surface area contributed by atoms with Crippen molar-refractivity contribution in [1.29, 1.82) is 0 Å². The van der Waals surface area contributed by atoms with E-state index in [1.54, 1.807) is 0 Å². The zero-order valence-electron chi connectivity index (χ0n) is 7.32. The second-order valence-electron chi connectivity index (χ2n) is 3.63. The summed E-state index contributed by atoms with van der Waals surface area (Å²) < 4.78 is 41.6. The lowest BCUT2D eigenvalue weighted by molar-refractivity contribution is -0.218. The van der Waals surface area contributed by atoms with Crippen molar-refractivity contribution in [3.8, 4) is 0 Å². The van der Waals surface area contributed by atoms with Crippen LogP contribution in [-0.4, -0.2) is 18.9 Å². The molecule has 0 fully saturated rings. The van der Waals surface area contributed by atoms with Gasteiger partial charge in [0.15, 0.2) is 6.10 Å². The zero-order chi connectivity index (χ0) is 9.64. The Hall–Kier alpha value is -0.510. The first-order chi connectivity index (χ1) is 6.00. The van der Waals surface area contributed by atoms with Crippen molar-refractivity contribution in [3.05, 3.63) is 11.1 Å². The Balaban J connectivity index is 2.05. The molecule has 1 nitrogen and oxygen atoms in total. The van der Waals surface area contributed by atoms with Gasteiger partial charge in [0.2, 0.25) is 0 Å². The van der Waals surface area contributed by atoms with E-state index in [1.165, 1.54) is 5.57 Å². The SMILES string of the molecule is CC1C2=C1C[C@@H](C(F)(F)F)OCC2. The monoisotopic (exact) mass is 192 g/mol. The van der Waals surface area contributed by atoms with Crippen molar-refractivity contribution in [2.24, 2.45) is 5.92 Å². The van der Waals surface area contributed by atoms with E-state index >= 15 is 0 Å². The first kappa shape index (κ1) is 9.06. The van der Waals surface area contributed by atoms with Gasteiger partial charge in [-0.3, -0.25) is 0 Å². The second-order valence-corrected chi connectivity index (χ2v) is 3.63. The van der Waals surface area contributed by atoms with Gasteiger partial charge in [-0.05, 0) is 12.3 Å². The molecule has 1 aliphatic heterocycles. The highest BCUT2D eigenvalue weighted by molar-refractivity contribution is 5.41. The quantitative estimate of drug-likeness (QED) is 0.536. The van der Waals surface area contributed by atoms with Crippen LogP contribution in [0.25, 0.3) is 0 Å². The summed E-state index contributed by atoms with van der Waals surface area (Å²) in [6.07, 6.45) is -5.03. The fraction of sp³-hybridized carbons (Fsp3) is 0.778. The van der Waals surface area contributed by atoms with Crippen molar-refractivity contribution >= 4 is 0 Å². The van der Waals surface area contributed by atoms with Crippen LogP contribution in [0.1, 0.15) is 19.8 Å². The molecule has 1 heterocycles. The minimum atomic E-state index is -4.20. The Morgan fingerprint density at radius 1 is 1.31 bits per heavy atom. The van der Waals surface area contributed by atoms with Crippen LogP contribution in [0.2, 0.25) is 0 Å². The van der Waals surface area contributed by atoms with Crippen LogP contribution in [0.3, 0.4) is 0 Å². The minimum Gasteiger partial charge on any atom is -0.368 e. The second kappa shape index (κ2) is 2.74. The van der Waals surface area contributed by atoms with Crippen LogP contribution in [0, 0.1) is 5.92 Å². The maximum absolute atomic E-state index is 12.3. The van der Waals surface area contributed by atoms with Crippen LogP contribution in [-0.2, 0) is 4.74 Å². The van der Waals surface area contributed by atoms with Gasteiger partial charge in [-0.25, -0.2) is 0 Å². The van der Waals surface area contributed by atoms with Gasteiger partial charge >= 0.3 is 6.18 Å². The standard InChI is InChI=1S/C9H11F3O/c1-5-6-2-3-13-8(4-7(5)6)9(10,11)12/h5,8H,2-4H2,1H3/t5?,8-/m0/s1. The number of alkyl halides is 3. The molecular weight excluding hydrogens is 181 g/mol. The predicted octanol–water partition coefficient (Wildman–Crippen LogP) is 2.67. The van der Waals surface area contributed by atoms with Gasteiger partial charge in [0, 0.05) is 6.42 Å². The van der Waals surface area contributed by atoms with E-state index in [1.807, 2.05) is 6.92 Å². The molecule has 1 aliphatic carbocycles. The highest BCUT2D eigenvalue weighted by Gasteiger charge is 2.46. The molecule has 0 saturated heterocycles. The van der Waals surface area contributed by atoms with Crippen LogP contribution in [0.15, 0.2) is 11.1 Å². The number of halogens is 3. The maximum atomic E-state index is 12.3. The number of rotatable bonds is 0. The van der Waals surface area contributed by atoms with Crippen LogP contribution >= 0.6 is 0 Å². The molecule has 1 unspecified atom stereocenters. The Kier molecular flexibility index (Phi) is 1.91. The summed E-state index contributed by atoms with van der Waals surface area (Å²) in [6, 6.07) is 0. The molecule has 74 valence electrons. The Morgan fingerprint density at radius 3 is 2.62 bits per heavy atom. The molecule has 0 N–H and O–H groups in total. The summed E-state index contributed by atoms with van der Waals surface area (Å²) in [6.45, 7) is 2.18. The van der Waals surface area contributed by atoms with E-state index in [-0.39, 0.29) is 13.0 Å². The van der Waals surface area contributed by atoms with Crippen molar-refractivity contribution < 1.29 is 17.9 Å². The summed E-state index contributed by atoms with van der Waals surface area (Å²) in [4.78, 5) is 0. The molecule has 0 spiro atoms. The zero-order valence-corrected chi connectivity index (χ0v) is 7.32. The van der Waals surface area contributed by atoms with E-state index in [9.17, 15) is 13.2 Å². The highest BCUT2D eigenvalue weighted by Crippen LogP contribution is 2.48. The Bertz CT molecular complexity index is 254. The lowest BCUT2D eigenvalue weighted by atomic mass is 10.1. The molecule has 0 bridgehead atoms. The molecule has 2 aliphatic rings. The van der Waals surface area contributed by atoms with E-state index in [2.05, 4.69) is 0 Å². The summed E-state index contributed by atoms with van der Waals surface area (Å²) in [7, 11) is 0. The third-order valence-corrected chi connectivity index (χ3v) is 2.84. The van der Waals surface area contributed by atoms with Gasteiger partial charge in [0.25, 0.3) is 0 Å². The van der Waals surface area contributed by atoms with Crippen molar-refractivity contribution in [2.45, 2.75) is 32.0 Å². The Labute approximate surface area is 74.6 Å². The van der Waals surface area contributed by atoms with Crippen LogP contribution < -0.4 is 0 Å². The third-order valence-electron chi connectivity index (χ3n) is 2.84. The summed E-state index contributed by atoms with van der Waals surface area (Å²) in [5.41, 5.74) is 2.16. The lowest BCUT2D eigenvalue weighted by Crippen LogP contribution is -2.31. The van der Waals surface area contributed by atoms with E-state index < -0.39 is 12.3 Å². The van der Waals surface area contributed by atoms with Crippen LogP contribution in [0.4, 0.5) is 13.2 Å². The average Bonchev–Trinajstić information content (AvgIpc) is 2.65. The van der Waals surface area contributed by atoms with Gasteiger partial charge in [-0.1, -0.05) is 18.1 Å². The van der Waals surface area contributed by atoms with Gasteiger partial charge in [0.1, 0.15) is 0 Å². The normalized spacial score (nSPS) is 34.2. The van der Waals surface area contributed by atoms with Gasteiger partial charge in [0.05, 0.1) is 6.61 Å². The van der Waals surface area contributed by atoms with E-state index in [0.717, 1.165) is 5.57 Å². The largest absolute Gasteiger partial charge is 0.414 e. The summed E-state index contributed by atoms with van der Waals surface area (Å²) >= 11 is 0. The first-order valence-corrected chi connectivity index (χ1v) is 4.40. The molecule has 4 heteroatoms. The minimum absolute atomic E-state index is 0.0556. The van der Waals surface area contributed by atoms with Crippen LogP contribution in [0.5, 0.6) is 0 Å². The lowest BCUT2D eigenvalue weighted by Gasteiger charge is -2.19. The van der Waals surface area contributed by atoms with E-state index in [0.29, 0.717) is 12.3 Å². The fourth-order valence-corrected chi connectivity index (χ4v) is 1.93. The molecule has 0 radical (unpaired) electrons. The topological polar surface area (TPSA) is 9.23 Å². The molecule has 0 saturated carbocycles. The first-order valence-electron chi connectivity index (χ1n) is 4.40. The Morgan fingerprint density at radius 2 is 2.00 bits per heavy atom. The van der Waals surface area contributed by atoms with Gasteiger partial charge in [-0.15, -0.1) is 0 Å². The molecule has 0 aromatic heterocycles. The molecule has 0 amide bonds. The number of hydrogen-bond donors (Lipinski definition) is 0. The fourth-order valence-electron chi connectivity index (χ4n) is 1.93.